The second-order valence-electron chi connectivity index (χ2n) is 14.7. The van der Waals surface area contributed by atoms with E-state index < -0.39 is 0 Å². The van der Waals surface area contributed by atoms with E-state index in [-0.39, 0.29) is 0 Å². The largest absolute Gasteiger partial charge is 0.0616 e. The van der Waals surface area contributed by atoms with Crippen LogP contribution in [0.1, 0.15) is 0 Å². The van der Waals surface area contributed by atoms with Crippen molar-refractivity contribution in [1.82, 2.24) is 0 Å². The molecule has 12 aromatic carbocycles. The van der Waals surface area contributed by atoms with Gasteiger partial charge in [-0.1, -0.05) is 170 Å². The molecular weight excluding hydrogens is 649 g/mol. The lowest BCUT2D eigenvalue weighted by molar-refractivity contribution is 1.68. The summed E-state index contributed by atoms with van der Waals surface area (Å²) in [6.07, 6.45) is 0. The zero-order valence-corrected chi connectivity index (χ0v) is 29.5. The monoisotopic (exact) mass is 680 g/mol. The summed E-state index contributed by atoms with van der Waals surface area (Å²) in [5.41, 5.74) is 4.99. The number of fused-ring (bicyclic) bond motifs is 17. The summed E-state index contributed by atoms with van der Waals surface area (Å²) in [7, 11) is 0. The Labute approximate surface area is 312 Å². The van der Waals surface area contributed by atoms with Crippen LogP contribution < -0.4 is 0 Å². The molecule has 12 rings (SSSR count). The van der Waals surface area contributed by atoms with Gasteiger partial charge in [-0.25, -0.2) is 0 Å². The molecule has 0 saturated heterocycles. The molecule has 0 spiro atoms. The molecule has 54 heavy (non-hydrogen) atoms. The highest BCUT2D eigenvalue weighted by atomic mass is 14.2. The molecule has 0 saturated carbocycles. The Hall–Kier alpha value is -7.02. The Morgan fingerprint density at radius 3 is 0.833 bits per heavy atom. The van der Waals surface area contributed by atoms with Crippen LogP contribution in [0.2, 0.25) is 0 Å². The third-order valence-corrected chi connectivity index (χ3v) is 12.0. The van der Waals surface area contributed by atoms with Gasteiger partial charge in [0.2, 0.25) is 0 Å². The summed E-state index contributed by atoms with van der Waals surface area (Å²) in [4.78, 5) is 0. The van der Waals surface area contributed by atoms with E-state index in [0.29, 0.717) is 0 Å². The maximum atomic E-state index is 2.45. The molecule has 0 aliphatic rings. The van der Waals surface area contributed by atoms with E-state index in [1.807, 2.05) is 0 Å². The lowest BCUT2D eigenvalue weighted by Gasteiger charge is -2.17. The third-order valence-electron chi connectivity index (χ3n) is 12.0. The fraction of sp³-hybridized carbons (Fsp3) is 0. The highest BCUT2D eigenvalue weighted by molar-refractivity contribution is 6.34. The van der Waals surface area contributed by atoms with Gasteiger partial charge in [0.05, 0.1) is 0 Å². The summed E-state index contributed by atoms with van der Waals surface area (Å²) < 4.78 is 0. The molecule has 0 aromatic heterocycles. The van der Waals surface area contributed by atoms with Crippen LogP contribution in [0.4, 0.5) is 0 Å². The van der Waals surface area contributed by atoms with Crippen LogP contribution in [0.25, 0.3) is 119 Å². The molecule has 0 nitrogen and oxygen atoms in total. The van der Waals surface area contributed by atoms with E-state index in [2.05, 4.69) is 194 Å². The second-order valence-corrected chi connectivity index (χ2v) is 14.7. The average Bonchev–Trinajstić information content (AvgIpc) is 3.25. The van der Waals surface area contributed by atoms with Crippen LogP contribution in [-0.4, -0.2) is 0 Å². The van der Waals surface area contributed by atoms with E-state index in [9.17, 15) is 0 Å². The second kappa shape index (κ2) is 11.2. The van der Waals surface area contributed by atoms with Gasteiger partial charge in [-0.3, -0.25) is 0 Å². The first-order valence-electron chi connectivity index (χ1n) is 18.8. The fourth-order valence-electron chi connectivity index (χ4n) is 9.59. The molecule has 0 unspecified atom stereocenters. The molecule has 248 valence electrons. The summed E-state index contributed by atoms with van der Waals surface area (Å²) in [5, 5.41) is 23.3. The topological polar surface area (TPSA) is 0 Å². The SMILES string of the molecule is c1ccc2c(c1)c(-c1ccc3ccc(-c4cc5c6ccccc6c6ccccc6c5c5ccccc45)cc3c1)cc1c3ccccc3c3ccccc3c21. The summed E-state index contributed by atoms with van der Waals surface area (Å²) in [5.74, 6) is 0. The Bertz CT molecular complexity index is 3320. The van der Waals surface area contributed by atoms with Gasteiger partial charge in [0.25, 0.3) is 0 Å². The van der Waals surface area contributed by atoms with E-state index in [1.165, 1.54) is 119 Å². The summed E-state index contributed by atoms with van der Waals surface area (Å²) >= 11 is 0. The number of rotatable bonds is 2. The quantitative estimate of drug-likeness (QED) is 0.159. The van der Waals surface area contributed by atoms with Crippen molar-refractivity contribution < 1.29 is 0 Å². The number of hydrogen-bond acceptors (Lipinski definition) is 0. The van der Waals surface area contributed by atoms with Crippen molar-refractivity contribution in [2.24, 2.45) is 0 Å². The zero-order chi connectivity index (χ0) is 35.3. The van der Waals surface area contributed by atoms with Gasteiger partial charge in [0.1, 0.15) is 0 Å². The summed E-state index contributed by atoms with van der Waals surface area (Å²) in [6, 6.07) is 72.4. The standard InChI is InChI=1S/C54H32/c1-3-17-41-37(13-1)39-15-5-9-21-45(39)53-47-23-11-7-19-43(47)49(31-51(41)53)34-27-25-33-26-28-35(30-36(33)29-34)50-32-52-42-18-4-2-14-38(42)40-16-6-10-22-46(40)54(52)48-24-12-8-20-44(48)50/h1-32H. The molecule has 0 radical (unpaired) electrons. The summed E-state index contributed by atoms with van der Waals surface area (Å²) in [6.45, 7) is 0. The van der Waals surface area contributed by atoms with Crippen molar-refractivity contribution in [3.05, 3.63) is 194 Å². The number of hydrogen-bond donors (Lipinski definition) is 0. The molecule has 0 aliphatic carbocycles. The molecule has 12 aromatic rings. The van der Waals surface area contributed by atoms with Gasteiger partial charge >= 0.3 is 0 Å². The molecular formula is C54H32. The normalized spacial score (nSPS) is 12.1. The zero-order valence-electron chi connectivity index (χ0n) is 29.5. The van der Waals surface area contributed by atoms with Crippen molar-refractivity contribution >= 4 is 97.0 Å². The lowest BCUT2D eigenvalue weighted by Crippen LogP contribution is -1.90. The lowest BCUT2D eigenvalue weighted by atomic mass is 9.86. The molecule has 0 bridgehead atoms. The fourth-order valence-corrected chi connectivity index (χ4v) is 9.59. The minimum absolute atomic E-state index is 1.23. The average molecular weight is 681 g/mol. The van der Waals surface area contributed by atoms with Gasteiger partial charge < -0.3 is 0 Å². The number of benzene rings is 12. The first-order valence-corrected chi connectivity index (χ1v) is 18.8. The van der Waals surface area contributed by atoms with E-state index in [0.717, 1.165) is 0 Å². The first kappa shape index (κ1) is 29.5. The van der Waals surface area contributed by atoms with Crippen LogP contribution >= 0.6 is 0 Å². The molecule has 0 aliphatic heterocycles. The van der Waals surface area contributed by atoms with Gasteiger partial charge in [-0.2, -0.15) is 0 Å². The molecule has 0 amide bonds. The Kier molecular flexibility index (Phi) is 6.15. The predicted octanol–water partition coefficient (Wildman–Crippen LogP) is 15.4. The first-order chi connectivity index (χ1) is 26.8. The van der Waals surface area contributed by atoms with Crippen LogP contribution in [-0.2, 0) is 0 Å². The molecule has 0 heterocycles. The maximum absolute atomic E-state index is 2.45. The van der Waals surface area contributed by atoms with Crippen LogP contribution in [0.15, 0.2) is 194 Å². The van der Waals surface area contributed by atoms with Gasteiger partial charge in [0, 0.05) is 0 Å². The Balaban J connectivity index is 1.12. The van der Waals surface area contributed by atoms with Crippen LogP contribution in [0.5, 0.6) is 0 Å². The maximum Gasteiger partial charge on any atom is -0.00199 e. The third kappa shape index (κ3) is 4.14. The minimum atomic E-state index is 1.23. The molecule has 0 atom stereocenters. The highest BCUT2D eigenvalue weighted by Gasteiger charge is 2.17. The van der Waals surface area contributed by atoms with Crippen LogP contribution in [0, 0.1) is 0 Å². The molecule has 0 fully saturated rings. The molecule has 0 heteroatoms. The smallest absolute Gasteiger partial charge is 0.00199 e. The van der Waals surface area contributed by atoms with Crippen molar-refractivity contribution in [1.29, 1.82) is 0 Å². The predicted molar refractivity (Wildman–Crippen MR) is 235 cm³/mol. The highest BCUT2D eigenvalue weighted by Crippen LogP contribution is 2.45. The van der Waals surface area contributed by atoms with E-state index in [4.69, 9.17) is 0 Å². The van der Waals surface area contributed by atoms with Gasteiger partial charge in [-0.05, 0) is 143 Å². The van der Waals surface area contributed by atoms with Crippen LogP contribution in [0.3, 0.4) is 0 Å². The van der Waals surface area contributed by atoms with Crippen molar-refractivity contribution in [2.75, 3.05) is 0 Å². The van der Waals surface area contributed by atoms with Gasteiger partial charge in [0.15, 0.2) is 0 Å². The van der Waals surface area contributed by atoms with Gasteiger partial charge in [-0.15, -0.1) is 0 Å². The van der Waals surface area contributed by atoms with E-state index >= 15 is 0 Å². The Morgan fingerprint density at radius 1 is 0.185 bits per heavy atom. The minimum Gasteiger partial charge on any atom is -0.0616 e. The Morgan fingerprint density at radius 2 is 0.463 bits per heavy atom. The molecule has 0 N–H and O–H groups in total. The van der Waals surface area contributed by atoms with Crippen molar-refractivity contribution in [3.63, 3.8) is 0 Å². The van der Waals surface area contributed by atoms with E-state index in [1.54, 1.807) is 0 Å². The van der Waals surface area contributed by atoms with Crippen molar-refractivity contribution in [3.8, 4) is 22.3 Å². The van der Waals surface area contributed by atoms with Crippen molar-refractivity contribution in [2.45, 2.75) is 0 Å².